The molecule has 1 aromatic rings. The summed E-state index contributed by atoms with van der Waals surface area (Å²) in [5, 5.41) is 16.5. The Morgan fingerprint density at radius 3 is 3.08 bits per heavy atom. The third-order valence-electron chi connectivity index (χ3n) is 1.59. The zero-order valence-corrected chi connectivity index (χ0v) is 7.27. The second-order valence-corrected chi connectivity index (χ2v) is 2.69. The molecule has 1 heterocycles. The summed E-state index contributed by atoms with van der Waals surface area (Å²) in [7, 11) is 0. The predicted molar refractivity (Wildman–Crippen MR) is 46.8 cm³/mol. The molecule has 1 rings (SSSR count). The van der Waals surface area contributed by atoms with Crippen LogP contribution >= 0.6 is 0 Å². The van der Waals surface area contributed by atoms with E-state index in [2.05, 4.69) is 10.4 Å². The molecular weight excluding hydrogens is 154 g/mol. The van der Waals surface area contributed by atoms with Crippen LogP contribution < -0.4 is 5.32 Å². The van der Waals surface area contributed by atoms with Crippen LogP contribution in [0.3, 0.4) is 0 Å². The first-order valence-corrected chi connectivity index (χ1v) is 4.19. The lowest BCUT2D eigenvalue weighted by atomic mass is 10.3. The molecule has 0 spiro atoms. The highest BCUT2D eigenvalue weighted by Crippen LogP contribution is 1.89. The van der Waals surface area contributed by atoms with Crippen molar-refractivity contribution in [3.63, 3.8) is 0 Å². The van der Waals surface area contributed by atoms with E-state index in [1.54, 1.807) is 10.9 Å². The fourth-order valence-electron chi connectivity index (χ4n) is 1.000. The van der Waals surface area contributed by atoms with E-state index in [4.69, 9.17) is 0 Å². The second kappa shape index (κ2) is 4.90. The van der Waals surface area contributed by atoms with Crippen molar-refractivity contribution in [2.24, 2.45) is 0 Å². The molecule has 0 aliphatic carbocycles. The van der Waals surface area contributed by atoms with Crippen LogP contribution in [-0.4, -0.2) is 34.1 Å². The first-order chi connectivity index (χ1) is 5.83. The molecule has 1 atom stereocenters. The van der Waals surface area contributed by atoms with E-state index in [1.165, 1.54) is 0 Å². The van der Waals surface area contributed by atoms with Crippen LogP contribution in [0.1, 0.15) is 6.92 Å². The molecule has 0 aromatic carbocycles. The minimum Gasteiger partial charge on any atom is -0.390 e. The third-order valence-corrected chi connectivity index (χ3v) is 1.59. The van der Waals surface area contributed by atoms with Crippen molar-refractivity contribution in [3.05, 3.63) is 18.5 Å². The van der Waals surface area contributed by atoms with E-state index in [9.17, 15) is 5.11 Å². The molecule has 0 fully saturated rings. The molecular formula is C8H15N3O. The summed E-state index contributed by atoms with van der Waals surface area (Å²) in [6.45, 7) is 4.08. The van der Waals surface area contributed by atoms with Crippen LogP contribution in [0.2, 0.25) is 0 Å². The molecule has 2 N–H and O–H groups in total. The first-order valence-electron chi connectivity index (χ1n) is 4.19. The molecule has 0 saturated heterocycles. The average Bonchev–Trinajstić information content (AvgIpc) is 2.53. The highest BCUT2D eigenvalue weighted by atomic mass is 16.3. The van der Waals surface area contributed by atoms with Crippen LogP contribution in [0.5, 0.6) is 0 Å². The van der Waals surface area contributed by atoms with Crippen LogP contribution in [-0.2, 0) is 6.54 Å². The summed E-state index contributed by atoms with van der Waals surface area (Å²) >= 11 is 0. The topological polar surface area (TPSA) is 50.1 Å². The van der Waals surface area contributed by atoms with Gasteiger partial charge in [-0.15, -0.1) is 0 Å². The maximum Gasteiger partial charge on any atom is 0.0860 e. The molecule has 0 aliphatic rings. The Labute approximate surface area is 72.2 Å². The lowest BCUT2D eigenvalue weighted by Crippen LogP contribution is -2.30. The molecule has 1 unspecified atom stereocenters. The number of likely N-dealkylation sites (N-methyl/N-ethyl adjacent to an activating group) is 1. The monoisotopic (exact) mass is 169 g/mol. The van der Waals surface area contributed by atoms with Gasteiger partial charge in [0.1, 0.15) is 0 Å². The van der Waals surface area contributed by atoms with Gasteiger partial charge in [-0.3, -0.25) is 4.68 Å². The van der Waals surface area contributed by atoms with Crippen molar-refractivity contribution in [2.45, 2.75) is 19.6 Å². The van der Waals surface area contributed by atoms with E-state index in [0.717, 1.165) is 6.54 Å². The van der Waals surface area contributed by atoms with Gasteiger partial charge >= 0.3 is 0 Å². The second-order valence-electron chi connectivity index (χ2n) is 2.69. The summed E-state index contributed by atoms with van der Waals surface area (Å²) in [6, 6.07) is 1.85. The van der Waals surface area contributed by atoms with E-state index in [1.807, 2.05) is 19.2 Å². The maximum atomic E-state index is 9.43. The summed E-state index contributed by atoms with van der Waals surface area (Å²) in [4.78, 5) is 0. The fraction of sp³-hybridized carbons (Fsp3) is 0.625. The molecule has 0 bridgehead atoms. The summed E-state index contributed by atoms with van der Waals surface area (Å²) in [5.41, 5.74) is 0. The van der Waals surface area contributed by atoms with Gasteiger partial charge in [0, 0.05) is 18.9 Å². The number of nitrogens with zero attached hydrogens (tertiary/aromatic N) is 2. The number of aromatic nitrogens is 2. The Bertz CT molecular complexity index is 198. The van der Waals surface area contributed by atoms with Crippen LogP contribution in [0.25, 0.3) is 0 Å². The Kier molecular flexibility index (Phi) is 3.76. The quantitative estimate of drug-likeness (QED) is 0.644. The predicted octanol–water partition coefficient (Wildman–Crippen LogP) is -0.147. The van der Waals surface area contributed by atoms with Gasteiger partial charge in [0.2, 0.25) is 0 Å². The lowest BCUT2D eigenvalue weighted by Gasteiger charge is -2.10. The van der Waals surface area contributed by atoms with E-state index >= 15 is 0 Å². The molecule has 0 amide bonds. The van der Waals surface area contributed by atoms with Crippen molar-refractivity contribution >= 4 is 0 Å². The molecule has 0 aliphatic heterocycles. The number of aliphatic hydroxyl groups excluding tert-OH is 1. The average molecular weight is 169 g/mol. The van der Waals surface area contributed by atoms with E-state index < -0.39 is 0 Å². The highest BCUT2D eigenvalue weighted by Gasteiger charge is 2.02. The first kappa shape index (κ1) is 9.22. The molecule has 0 saturated carbocycles. The highest BCUT2D eigenvalue weighted by molar-refractivity contribution is 4.78. The van der Waals surface area contributed by atoms with Gasteiger partial charge in [-0.1, -0.05) is 6.92 Å². The maximum absolute atomic E-state index is 9.43. The third kappa shape index (κ3) is 3.02. The SMILES string of the molecule is CCNCC(O)Cn1cccn1. The number of hydrogen-bond acceptors (Lipinski definition) is 3. The van der Waals surface area contributed by atoms with Crippen molar-refractivity contribution < 1.29 is 5.11 Å². The smallest absolute Gasteiger partial charge is 0.0860 e. The summed E-state index contributed by atoms with van der Waals surface area (Å²) < 4.78 is 1.72. The molecule has 0 radical (unpaired) electrons. The van der Waals surface area contributed by atoms with E-state index in [-0.39, 0.29) is 6.10 Å². The number of aliphatic hydroxyl groups is 1. The van der Waals surface area contributed by atoms with E-state index in [0.29, 0.717) is 13.1 Å². The number of rotatable bonds is 5. The molecule has 12 heavy (non-hydrogen) atoms. The Morgan fingerprint density at radius 1 is 1.67 bits per heavy atom. The zero-order valence-electron chi connectivity index (χ0n) is 7.27. The normalized spacial score (nSPS) is 13.2. The Morgan fingerprint density at radius 2 is 2.50 bits per heavy atom. The summed E-state index contributed by atoms with van der Waals surface area (Å²) in [5.74, 6) is 0. The van der Waals surface area contributed by atoms with Crippen molar-refractivity contribution in [2.75, 3.05) is 13.1 Å². The molecule has 4 nitrogen and oxygen atoms in total. The van der Waals surface area contributed by atoms with Crippen molar-refractivity contribution in [1.29, 1.82) is 0 Å². The van der Waals surface area contributed by atoms with Gasteiger partial charge in [0.25, 0.3) is 0 Å². The fourth-order valence-corrected chi connectivity index (χ4v) is 1.000. The van der Waals surface area contributed by atoms with Crippen LogP contribution in [0.4, 0.5) is 0 Å². The Hall–Kier alpha value is -0.870. The number of nitrogens with one attached hydrogen (secondary N) is 1. The van der Waals surface area contributed by atoms with Gasteiger partial charge in [-0.05, 0) is 12.6 Å². The Balaban J connectivity index is 2.22. The van der Waals surface area contributed by atoms with Crippen LogP contribution in [0, 0.1) is 0 Å². The number of hydrogen-bond donors (Lipinski definition) is 2. The van der Waals surface area contributed by atoms with Gasteiger partial charge in [0.15, 0.2) is 0 Å². The zero-order chi connectivity index (χ0) is 8.81. The minimum atomic E-state index is -0.357. The van der Waals surface area contributed by atoms with Gasteiger partial charge in [0.05, 0.1) is 12.6 Å². The van der Waals surface area contributed by atoms with Gasteiger partial charge in [-0.25, -0.2) is 0 Å². The largest absolute Gasteiger partial charge is 0.390 e. The standard InChI is InChI=1S/C8H15N3O/c1-2-9-6-8(12)7-11-5-3-4-10-11/h3-5,8-9,12H,2,6-7H2,1H3. The molecule has 4 heteroatoms. The van der Waals surface area contributed by atoms with Gasteiger partial charge in [-0.2, -0.15) is 5.10 Å². The molecule has 1 aromatic heterocycles. The van der Waals surface area contributed by atoms with Crippen LogP contribution in [0.15, 0.2) is 18.5 Å². The minimum absolute atomic E-state index is 0.357. The van der Waals surface area contributed by atoms with Crippen molar-refractivity contribution in [3.8, 4) is 0 Å². The van der Waals surface area contributed by atoms with Crippen molar-refractivity contribution in [1.82, 2.24) is 15.1 Å². The van der Waals surface area contributed by atoms with Gasteiger partial charge < -0.3 is 10.4 Å². The molecule has 68 valence electrons. The lowest BCUT2D eigenvalue weighted by molar-refractivity contribution is 0.147. The summed E-state index contributed by atoms with van der Waals surface area (Å²) in [6.07, 6.45) is 3.19.